The highest BCUT2D eigenvalue weighted by atomic mass is 35.5. The van der Waals surface area contributed by atoms with E-state index in [-0.39, 0.29) is 0 Å². The lowest BCUT2D eigenvalue weighted by molar-refractivity contribution is 1.22. The molecular weight excluding hydrogens is 158 g/mol. The van der Waals surface area contributed by atoms with Crippen LogP contribution in [-0.2, 0) is 6.42 Å². The summed E-state index contributed by atoms with van der Waals surface area (Å²) < 4.78 is 1.62. The highest BCUT2D eigenvalue weighted by molar-refractivity contribution is 6.28. The second-order valence-electron chi connectivity index (χ2n) is 2.65. The summed E-state index contributed by atoms with van der Waals surface area (Å²) in [6, 6.07) is 8.07. The predicted molar refractivity (Wildman–Crippen MR) is 47.6 cm³/mol. The monoisotopic (exact) mass is 165 g/mol. The fraction of sp³-hybridized carbons (Fsp3) is 0.111. The lowest BCUT2D eigenvalue weighted by atomic mass is 10.2. The molecule has 0 aliphatic carbocycles. The molecule has 0 atom stereocenters. The topological polar surface area (TPSA) is 3.24 Å². The first-order valence-corrected chi connectivity index (χ1v) is 3.84. The highest BCUT2D eigenvalue weighted by Crippen LogP contribution is 2.34. The molecule has 0 spiro atoms. The van der Waals surface area contributed by atoms with E-state index in [9.17, 15) is 0 Å². The summed E-state index contributed by atoms with van der Waals surface area (Å²) in [5.41, 5.74) is 3.28. The number of anilines is 1. The fourth-order valence-electron chi connectivity index (χ4n) is 1.31. The van der Waals surface area contributed by atoms with Gasteiger partial charge in [-0.2, -0.15) is 0 Å². The van der Waals surface area contributed by atoms with E-state index in [4.69, 9.17) is 11.8 Å². The van der Waals surface area contributed by atoms with Gasteiger partial charge in [-0.3, -0.25) is 4.42 Å². The highest BCUT2D eigenvalue weighted by Gasteiger charge is 2.19. The number of halogens is 1. The van der Waals surface area contributed by atoms with Gasteiger partial charge in [0, 0.05) is 23.9 Å². The van der Waals surface area contributed by atoms with Crippen molar-refractivity contribution >= 4 is 17.5 Å². The largest absolute Gasteiger partial charge is 0.258 e. The Morgan fingerprint density at radius 3 is 2.82 bits per heavy atom. The number of nitrogens with zero attached hydrogens (tertiary/aromatic N) is 1. The molecule has 0 N–H and O–H groups in total. The average molecular weight is 166 g/mol. The molecule has 2 heteroatoms. The fourth-order valence-corrected chi connectivity index (χ4v) is 1.54. The molecule has 1 aliphatic rings. The maximum absolute atomic E-state index is 5.93. The summed E-state index contributed by atoms with van der Waals surface area (Å²) >= 11 is 5.93. The van der Waals surface area contributed by atoms with E-state index in [1.54, 1.807) is 4.42 Å². The normalized spacial score (nSPS) is 15.4. The van der Waals surface area contributed by atoms with Crippen molar-refractivity contribution in [2.45, 2.75) is 6.42 Å². The summed E-state index contributed by atoms with van der Waals surface area (Å²) in [5, 5.41) is 0. The van der Waals surface area contributed by atoms with Crippen LogP contribution in [0.4, 0.5) is 5.69 Å². The molecular formula is C9H8ClN. The van der Waals surface area contributed by atoms with Gasteiger partial charge < -0.3 is 0 Å². The Kier molecular flexibility index (Phi) is 1.40. The van der Waals surface area contributed by atoms with Crippen molar-refractivity contribution in [1.82, 2.24) is 0 Å². The van der Waals surface area contributed by atoms with Gasteiger partial charge in [0.1, 0.15) is 0 Å². The molecule has 1 aromatic rings. The Hall–Kier alpha value is -0.950. The van der Waals surface area contributed by atoms with Gasteiger partial charge >= 0.3 is 0 Å². The molecule has 0 unspecified atom stereocenters. The van der Waals surface area contributed by atoms with E-state index in [0.717, 1.165) is 17.8 Å². The van der Waals surface area contributed by atoms with Crippen molar-refractivity contribution in [2.75, 3.05) is 4.42 Å². The van der Waals surface area contributed by atoms with E-state index in [0.29, 0.717) is 0 Å². The number of benzene rings is 1. The molecule has 0 aromatic heterocycles. The van der Waals surface area contributed by atoms with Gasteiger partial charge in [-0.15, -0.1) is 0 Å². The second-order valence-corrected chi connectivity index (χ2v) is 2.99. The Morgan fingerprint density at radius 1 is 1.36 bits per heavy atom. The van der Waals surface area contributed by atoms with Crippen molar-refractivity contribution in [3.63, 3.8) is 0 Å². The number of hydrogen-bond donors (Lipinski definition) is 0. The molecule has 1 nitrogen and oxygen atoms in total. The van der Waals surface area contributed by atoms with Crippen molar-refractivity contribution < 1.29 is 0 Å². The van der Waals surface area contributed by atoms with Crippen LogP contribution >= 0.6 is 11.8 Å². The quantitative estimate of drug-likeness (QED) is 0.535. The number of allylic oxidation sites excluding steroid dienone is 1. The van der Waals surface area contributed by atoms with Crippen molar-refractivity contribution in [1.29, 1.82) is 0 Å². The molecule has 1 heterocycles. The third-order valence-electron chi connectivity index (χ3n) is 1.88. The third-order valence-corrected chi connectivity index (χ3v) is 2.30. The van der Waals surface area contributed by atoms with Crippen LogP contribution in [-0.4, -0.2) is 0 Å². The molecule has 11 heavy (non-hydrogen) atoms. The zero-order valence-electron chi connectivity index (χ0n) is 6.05. The van der Waals surface area contributed by atoms with E-state index < -0.39 is 0 Å². The minimum Gasteiger partial charge on any atom is -0.258 e. The molecule has 0 amide bonds. The summed E-state index contributed by atoms with van der Waals surface area (Å²) in [5.74, 6) is 0. The Bertz CT molecular complexity index is 306. The Balaban J connectivity index is 2.55. The number of fused-ring (bicyclic) bond motifs is 1. The van der Waals surface area contributed by atoms with E-state index >= 15 is 0 Å². The summed E-state index contributed by atoms with van der Waals surface area (Å²) in [4.78, 5) is 0. The van der Waals surface area contributed by atoms with Gasteiger partial charge in [0.2, 0.25) is 0 Å². The minimum absolute atomic E-state index is 0.875. The van der Waals surface area contributed by atoms with Crippen molar-refractivity contribution in [2.24, 2.45) is 0 Å². The lowest BCUT2D eigenvalue weighted by Crippen LogP contribution is -2.00. The van der Waals surface area contributed by atoms with Crippen LogP contribution in [0.25, 0.3) is 0 Å². The first-order chi connectivity index (χ1) is 5.29. The van der Waals surface area contributed by atoms with Crippen molar-refractivity contribution in [3.05, 3.63) is 42.1 Å². The first kappa shape index (κ1) is 6.74. The van der Waals surface area contributed by atoms with Gasteiger partial charge in [0.25, 0.3) is 0 Å². The summed E-state index contributed by atoms with van der Waals surface area (Å²) in [7, 11) is 0. The van der Waals surface area contributed by atoms with Gasteiger partial charge in [0.05, 0.1) is 5.69 Å². The van der Waals surface area contributed by atoms with E-state index in [1.807, 2.05) is 18.2 Å². The Labute approximate surface area is 71.0 Å². The van der Waals surface area contributed by atoms with Crippen LogP contribution < -0.4 is 4.42 Å². The second kappa shape index (κ2) is 2.28. The smallest absolute Gasteiger partial charge is 0.0613 e. The van der Waals surface area contributed by atoms with Crippen LogP contribution in [0.5, 0.6) is 0 Å². The molecule has 0 fully saturated rings. The zero-order chi connectivity index (χ0) is 7.84. The number of hydrogen-bond acceptors (Lipinski definition) is 1. The number of para-hydroxylation sites is 1. The molecule has 0 radical (unpaired) electrons. The molecule has 0 saturated heterocycles. The minimum atomic E-state index is 0.875. The van der Waals surface area contributed by atoms with Crippen LogP contribution in [0.15, 0.2) is 36.5 Å². The molecule has 1 aliphatic heterocycles. The van der Waals surface area contributed by atoms with E-state index in [2.05, 4.69) is 12.6 Å². The predicted octanol–water partition coefficient (Wildman–Crippen LogP) is 2.72. The first-order valence-electron chi connectivity index (χ1n) is 3.50. The van der Waals surface area contributed by atoms with Crippen molar-refractivity contribution in [3.8, 4) is 0 Å². The zero-order valence-corrected chi connectivity index (χ0v) is 6.80. The molecule has 2 rings (SSSR count). The van der Waals surface area contributed by atoms with Crippen LogP contribution in [0.2, 0.25) is 0 Å². The molecule has 1 aromatic carbocycles. The standard InChI is InChI=1S/C9H8ClN/c1-7-6-8-4-2-3-5-9(8)11(7)10/h2-5H,1,6H2. The molecule has 0 bridgehead atoms. The van der Waals surface area contributed by atoms with Gasteiger partial charge in [-0.05, 0) is 11.6 Å². The van der Waals surface area contributed by atoms with Gasteiger partial charge in [-0.1, -0.05) is 24.8 Å². The number of rotatable bonds is 0. The summed E-state index contributed by atoms with van der Waals surface area (Å²) in [6.07, 6.45) is 0.875. The molecule has 56 valence electrons. The van der Waals surface area contributed by atoms with Crippen LogP contribution in [0, 0.1) is 0 Å². The maximum Gasteiger partial charge on any atom is 0.0613 e. The summed E-state index contributed by atoms with van der Waals surface area (Å²) in [6.45, 7) is 3.84. The van der Waals surface area contributed by atoms with Gasteiger partial charge in [-0.25, -0.2) is 0 Å². The van der Waals surface area contributed by atoms with Crippen LogP contribution in [0.3, 0.4) is 0 Å². The SMILES string of the molecule is C=C1Cc2ccccc2N1Cl. The third kappa shape index (κ3) is 0.925. The van der Waals surface area contributed by atoms with Crippen LogP contribution in [0.1, 0.15) is 5.56 Å². The Morgan fingerprint density at radius 2 is 2.09 bits per heavy atom. The average Bonchev–Trinajstić information content (AvgIpc) is 2.30. The maximum atomic E-state index is 5.93. The lowest BCUT2D eigenvalue weighted by Gasteiger charge is -2.08. The van der Waals surface area contributed by atoms with Gasteiger partial charge in [0.15, 0.2) is 0 Å². The molecule has 0 saturated carbocycles. The van der Waals surface area contributed by atoms with E-state index in [1.165, 1.54) is 5.56 Å².